The maximum absolute atomic E-state index is 12.9. The minimum Gasteiger partial charge on any atom is -0.368 e. The molecule has 3 heterocycles. The molecule has 4 N–H and O–H groups in total. The number of carbonyl (C=O) groups is 1. The van der Waals surface area contributed by atoms with Crippen molar-refractivity contribution < 1.29 is 4.79 Å². The van der Waals surface area contributed by atoms with Crippen molar-refractivity contribution in [2.75, 3.05) is 18.8 Å². The molecule has 0 unspecified atom stereocenters. The van der Waals surface area contributed by atoms with Crippen LogP contribution in [0.2, 0.25) is 0 Å². The van der Waals surface area contributed by atoms with E-state index in [9.17, 15) is 4.79 Å². The highest BCUT2D eigenvalue weighted by Gasteiger charge is 2.27. The highest BCUT2D eigenvalue weighted by Crippen LogP contribution is 2.23. The molecule has 0 saturated heterocycles. The number of nitrogen functional groups attached to an aromatic ring is 1. The number of amides is 1. The summed E-state index contributed by atoms with van der Waals surface area (Å²) in [7, 11) is 0. The van der Waals surface area contributed by atoms with Crippen LogP contribution in [0.3, 0.4) is 0 Å². The van der Waals surface area contributed by atoms with Crippen LogP contribution in [0.15, 0.2) is 6.07 Å². The van der Waals surface area contributed by atoms with Crippen molar-refractivity contribution in [3.8, 4) is 0 Å². The van der Waals surface area contributed by atoms with Gasteiger partial charge in [0, 0.05) is 31.7 Å². The van der Waals surface area contributed by atoms with Gasteiger partial charge in [-0.25, -0.2) is 9.97 Å². The normalized spacial score (nSPS) is 15.5. The SMILES string of the molecule is CC(C)c1cc(C(=O)N[C@H](c2nnc3n2CCNCC3)C(C)C)nc(N)n1. The maximum Gasteiger partial charge on any atom is 0.270 e. The second-order valence-electron chi connectivity index (χ2n) is 7.51. The van der Waals surface area contributed by atoms with Gasteiger partial charge in [0.2, 0.25) is 5.95 Å². The van der Waals surface area contributed by atoms with Gasteiger partial charge in [0.15, 0.2) is 5.82 Å². The molecule has 1 amide bonds. The number of aromatic nitrogens is 5. The van der Waals surface area contributed by atoms with Gasteiger partial charge in [-0.2, -0.15) is 0 Å². The number of nitrogens with two attached hydrogens (primary N) is 1. The smallest absolute Gasteiger partial charge is 0.270 e. The van der Waals surface area contributed by atoms with Crippen molar-refractivity contribution in [3.63, 3.8) is 0 Å². The van der Waals surface area contributed by atoms with E-state index in [4.69, 9.17) is 5.73 Å². The molecule has 0 fully saturated rings. The fourth-order valence-corrected chi connectivity index (χ4v) is 3.17. The number of carbonyl (C=O) groups excluding carboxylic acids is 1. The summed E-state index contributed by atoms with van der Waals surface area (Å²) in [5.74, 6) is 1.85. The van der Waals surface area contributed by atoms with E-state index in [1.165, 1.54) is 0 Å². The molecule has 0 spiro atoms. The van der Waals surface area contributed by atoms with Crippen LogP contribution in [-0.2, 0) is 13.0 Å². The molecular weight excluding hydrogens is 344 g/mol. The molecule has 1 aliphatic rings. The van der Waals surface area contributed by atoms with Crippen LogP contribution < -0.4 is 16.4 Å². The van der Waals surface area contributed by atoms with E-state index in [0.29, 0.717) is 0 Å². The first-order valence-corrected chi connectivity index (χ1v) is 9.44. The molecule has 0 saturated carbocycles. The highest BCUT2D eigenvalue weighted by atomic mass is 16.2. The largest absolute Gasteiger partial charge is 0.368 e. The molecule has 146 valence electrons. The van der Waals surface area contributed by atoms with Crippen molar-refractivity contribution in [2.24, 2.45) is 5.92 Å². The van der Waals surface area contributed by atoms with Crippen molar-refractivity contribution in [3.05, 3.63) is 29.1 Å². The van der Waals surface area contributed by atoms with E-state index in [1.54, 1.807) is 6.07 Å². The topological polar surface area (TPSA) is 124 Å². The molecular formula is C18H28N8O. The molecule has 2 aromatic rings. The van der Waals surface area contributed by atoms with Crippen LogP contribution in [0.1, 0.15) is 67.5 Å². The predicted octanol–water partition coefficient (Wildman–Crippen LogP) is 1.05. The van der Waals surface area contributed by atoms with Gasteiger partial charge in [0.05, 0.1) is 6.04 Å². The first kappa shape index (κ1) is 19.2. The van der Waals surface area contributed by atoms with E-state index in [0.717, 1.165) is 43.4 Å². The molecule has 2 aromatic heterocycles. The van der Waals surface area contributed by atoms with Crippen molar-refractivity contribution in [1.29, 1.82) is 0 Å². The van der Waals surface area contributed by atoms with Gasteiger partial charge < -0.3 is 20.9 Å². The van der Waals surface area contributed by atoms with Gasteiger partial charge in [-0.1, -0.05) is 27.7 Å². The average Bonchev–Trinajstić information content (AvgIpc) is 2.86. The molecule has 9 nitrogen and oxygen atoms in total. The lowest BCUT2D eigenvalue weighted by Crippen LogP contribution is -2.35. The first-order valence-electron chi connectivity index (χ1n) is 9.44. The van der Waals surface area contributed by atoms with Crippen LogP contribution in [0.4, 0.5) is 5.95 Å². The summed E-state index contributed by atoms with van der Waals surface area (Å²) < 4.78 is 2.11. The molecule has 0 aliphatic carbocycles. The van der Waals surface area contributed by atoms with Crippen LogP contribution in [-0.4, -0.2) is 43.7 Å². The number of hydrogen-bond acceptors (Lipinski definition) is 7. The third kappa shape index (κ3) is 4.24. The van der Waals surface area contributed by atoms with Crippen LogP contribution in [0.25, 0.3) is 0 Å². The van der Waals surface area contributed by atoms with Crippen molar-refractivity contribution in [1.82, 2.24) is 35.4 Å². The Balaban J connectivity index is 1.88. The van der Waals surface area contributed by atoms with E-state index in [-0.39, 0.29) is 35.4 Å². The minimum atomic E-state index is -0.284. The lowest BCUT2D eigenvalue weighted by Gasteiger charge is -2.22. The Kier molecular flexibility index (Phi) is 5.69. The summed E-state index contributed by atoms with van der Waals surface area (Å²) in [5, 5.41) is 15.1. The zero-order chi connectivity index (χ0) is 19.6. The third-order valence-electron chi connectivity index (χ3n) is 4.71. The van der Waals surface area contributed by atoms with E-state index >= 15 is 0 Å². The van der Waals surface area contributed by atoms with E-state index in [2.05, 4.69) is 49.2 Å². The number of hydrogen-bond donors (Lipinski definition) is 3. The van der Waals surface area contributed by atoms with E-state index in [1.807, 2.05) is 13.8 Å². The summed E-state index contributed by atoms with van der Waals surface area (Å²) in [6.07, 6.45) is 0.825. The third-order valence-corrected chi connectivity index (χ3v) is 4.71. The molecule has 3 rings (SSSR count). The van der Waals surface area contributed by atoms with Gasteiger partial charge in [-0.3, -0.25) is 4.79 Å². The van der Waals surface area contributed by atoms with Gasteiger partial charge in [0.25, 0.3) is 5.91 Å². The Morgan fingerprint density at radius 3 is 2.70 bits per heavy atom. The molecule has 0 aromatic carbocycles. The fraction of sp³-hybridized carbons (Fsp3) is 0.611. The second-order valence-corrected chi connectivity index (χ2v) is 7.51. The Labute approximate surface area is 159 Å². The number of fused-ring (bicyclic) bond motifs is 1. The first-order chi connectivity index (χ1) is 12.9. The van der Waals surface area contributed by atoms with Crippen molar-refractivity contribution >= 4 is 11.9 Å². The Bertz CT molecular complexity index is 814. The van der Waals surface area contributed by atoms with Crippen LogP contribution in [0, 0.1) is 5.92 Å². The number of nitrogens with zero attached hydrogens (tertiary/aromatic N) is 5. The van der Waals surface area contributed by atoms with Gasteiger partial charge >= 0.3 is 0 Å². The summed E-state index contributed by atoms with van der Waals surface area (Å²) in [6, 6.07) is 1.43. The van der Waals surface area contributed by atoms with Gasteiger partial charge in [-0.05, 0) is 17.9 Å². The summed E-state index contributed by atoms with van der Waals surface area (Å²) >= 11 is 0. The molecule has 27 heavy (non-hydrogen) atoms. The van der Waals surface area contributed by atoms with E-state index < -0.39 is 0 Å². The minimum absolute atomic E-state index is 0.106. The lowest BCUT2D eigenvalue weighted by molar-refractivity contribution is 0.0916. The highest BCUT2D eigenvalue weighted by molar-refractivity contribution is 5.92. The monoisotopic (exact) mass is 372 g/mol. The van der Waals surface area contributed by atoms with Crippen LogP contribution >= 0.6 is 0 Å². The summed E-state index contributed by atoms with van der Waals surface area (Å²) in [4.78, 5) is 21.2. The molecule has 1 aliphatic heterocycles. The Hall–Kier alpha value is -2.55. The zero-order valence-electron chi connectivity index (χ0n) is 16.4. The number of anilines is 1. The predicted molar refractivity (Wildman–Crippen MR) is 102 cm³/mol. The molecule has 0 radical (unpaired) electrons. The zero-order valence-corrected chi connectivity index (χ0v) is 16.4. The fourth-order valence-electron chi connectivity index (χ4n) is 3.17. The Morgan fingerprint density at radius 2 is 2.00 bits per heavy atom. The van der Waals surface area contributed by atoms with Gasteiger partial charge in [-0.15, -0.1) is 10.2 Å². The maximum atomic E-state index is 12.9. The lowest BCUT2D eigenvalue weighted by atomic mass is 10.0. The summed E-state index contributed by atoms with van der Waals surface area (Å²) in [6.45, 7) is 10.6. The molecule has 0 bridgehead atoms. The Morgan fingerprint density at radius 1 is 1.22 bits per heavy atom. The molecule has 1 atom stereocenters. The van der Waals surface area contributed by atoms with Gasteiger partial charge in [0.1, 0.15) is 11.5 Å². The number of rotatable bonds is 5. The standard InChI is InChI=1S/C18H28N8O/c1-10(2)12-9-13(22-18(19)21-12)17(27)23-15(11(3)4)16-25-24-14-5-6-20-7-8-26(14)16/h9-11,15,20H,5-8H2,1-4H3,(H,23,27)(H2,19,21,22)/t15-/m0/s1. The summed E-state index contributed by atoms with van der Waals surface area (Å²) in [5.41, 5.74) is 6.81. The van der Waals surface area contributed by atoms with Crippen LogP contribution in [0.5, 0.6) is 0 Å². The molecule has 9 heteroatoms. The number of nitrogens with one attached hydrogen (secondary N) is 2. The second kappa shape index (κ2) is 7.99. The quantitative estimate of drug-likeness (QED) is 0.716. The average molecular weight is 372 g/mol. The van der Waals surface area contributed by atoms with Crippen molar-refractivity contribution in [2.45, 2.75) is 52.6 Å².